The summed E-state index contributed by atoms with van der Waals surface area (Å²) < 4.78 is 5.23. The maximum absolute atomic E-state index is 8.82. The van der Waals surface area contributed by atoms with Crippen molar-refractivity contribution in [2.24, 2.45) is 0 Å². The van der Waals surface area contributed by atoms with Crippen LogP contribution in [0.1, 0.15) is 5.56 Å². The third kappa shape index (κ3) is 1.56. The van der Waals surface area contributed by atoms with Gasteiger partial charge in [0.1, 0.15) is 5.58 Å². The molecule has 3 heteroatoms. The highest BCUT2D eigenvalue weighted by atomic mass is 16.5. The van der Waals surface area contributed by atoms with Crippen molar-refractivity contribution in [2.45, 2.75) is 12.7 Å². The van der Waals surface area contributed by atoms with E-state index in [4.69, 9.17) is 14.6 Å². The molecule has 2 N–H and O–H groups in total. The number of para-hydroxylation sites is 1. The monoisotopic (exact) mass is 178 g/mol. The Hall–Kier alpha value is -1.32. The van der Waals surface area contributed by atoms with Gasteiger partial charge < -0.3 is 14.6 Å². The average molecular weight is 178 g/mol. The van der Waals surface area contributed by atoms with E-state index in [9.17, 15) is 0 Å². The Labute approximate surface area is 75.2 Å². The van der Waals surface area contributed by atoms with Crippen molar-refractivity contribution in [1.29, 1.82) is 0 Å². The molecule has 1 heterocycles. The maximum Gasteiger partial charge on any atom is 0.155 e. The second-order valence-electron chi connectivity index (χ2n) is 2.94. The van der Waals surface area contributed by atoms with Crippen LogP contribution in [0.4, 0.5) is 0 Å². The predicted octanol–water partition coefficient (Wildman–Crippen LogP) is 1.29. The van der Waals surface area contributed by atoms with Crippen LogP contribution in [0.5, 0.6) is 0 Å². The van der Waals surface area contributed by atoms with Crippen molar-refractivity contribution >= 4 is 11.0 Å². The lowest BCUT2D eigenvalue weighted by molar-refractivity contribution is -0.0380. The molecule has 0 aliphatic carbocycles. The van der Waals surface area contributed by atoms with Crippen LogP contribution in [0.25, 0.3) is 11.0 Å². The molecular formula is C10H10O3. The third-order valence-corrected chi connectivity index (χ3v) is 1.96. The van der Waals surface area contributed by atoms with Gasteiger partial charge in [-0.3, -0.25) is 0 Å². The second-order valence-corrected chi connectivity index (χ2v) is 2.94. The molecule has 0 aliphatic heterocycles. The summed E-state index contributed by atoms with van der Waals surface area (Å²) in [6, 6.07) is 7.47. The smallest absolute Gasteiger partial charge is 0.155 e. The van der Waals surface area contributed by atoms with Crippen molar-refractivity contribution in [3.63, 3.8) is 0 Å². The van der Waals surface area contributed by atoms with Crippen molar-refractivity contribution in [2.75, 3.05) is 0 Å². The first-order chi connectivity index (χ1) is 6.27. The highest BCUT2D eigenvalue weighted by molar-refractivity contribution is 5.80. The van der Waals surface area contributed by atoms with E-state index in [-0.39, 0.29) is 6.42 Å². The molecule has 0 radical (unpaired) electrons. The zero-order valence-electron chi connectivity index (χ0n) is 6.97. The zero-order valence-corrected chi connectivity index (χ0v) is 6.97. The van der Waals surface area contributed by atoms with E-state index in [1.54, 1.807) is 6.26 Å². The van der Waals surface area contributed by atoms with Gasteiger partial charge >= 0.3 is 0 Å². The number of fused-ring (bicyclic) bond motifs is 1. The number of furan rings is 1. The van der Waals surface area contributed by atoms with Crippen LogP contribution in [0.2, 0.25) is 0 Å². The standard InChI is InChI=1S/C10H10O3/c11-9(12)6-8-3-1-2-7-4-5-13-10(7)8/h1-5,9,11-12H,6H2. The summed E-state index contributed by atoms with van der Waals surface area (Å²) >= 11 is 0. The molecule has 0 amide bonds. The highest BCUT2D eigenvalue weighted by Crippen LogP contribution is 2.20. The Balaban J connectivity index is 2.48. The van der Waals surface area contributed by atoms with Crippen LogP contribution in [0, 0.1) is 0 Å². The van der Waals surface area contributed by atoms with Gasteiger partial charge in [-0.2, -0.15) is 0 Å². The van der Waals surface area contributed by atoms with Gasteiger partial charge in [-0.15, -0.1) is 0 Å². The van der Waals surface area contributed by atoms with Crippen molar-refractivity contribution in [3.8, 4) is 0 Å². The number of aliphatic hydroxyl groups is 2. The lowest BCUT2D eigenvalue weighted by Gasteiger charge is -2.03. The van der Waals surface area contributed by atoms with Gasteiger partial charge in [0, 0.05) is 17.4 Å². The fourth-order valence-corrected chi connectivity index (χ4v) is 1.41. The van der Waals surface area contributed by atoms with Crippen molar-refractivity contribution in [1.82, 2.24) is 0 Å². The molecule has 0 spiro atoms. The predicted molar refractivity (Wildman–Crippen MR) is 48.1 cm³/mol. The van der Waals surface area contributed by atoms with E-state index in [1.807, 2.05) is 24.3 Å². The molecular weight excluding hydrogens is 168 g/mol. The lowest BCUT2D eigenvalue weighted by Crippen LogP contribution is -2.08. The maximum atomic E-state index is 8.82. The molecule has 3 nitrogen and oxygen atoms in total. The Morgan fingerprint density at radius 1 is 1.23 bits per heavy atom. The summed E-state index contributed by atoms with van der Waals surface area (Å²) in [4.78, 5) is 0. The molecule has 0 saturated carbocycles. The van der Waals surface area contributed by atoms with E-state index >= 15 is 0 Å². The first-order valence-corrected chi connectivity index (χ1v) is 4.08. The largest absolute Gasteiger partial charge is 0.464 e. The van der Waals surface area contributed by atoms with Gasteiger partial charge in [-0.05, 0) is 6.07 Å². The zero-order chi connectivity index (χ0) is 9.26. The first-order valence-electron chi connectivity index (χ1n) is 4.08. The molecule has 0 saturated heterocycles. The van der Waals surface area contributed by atoms with Crippen molar-refractivity contribution in [3.05, 3.63) is 36.1 Å². The van der Waals surface area contributed by atoms with Crippen LogP contribution < -0.4 is 0 Å². The molecule has 0 unspecified atom stereocenters. The van der Waals surface area contributed by atoms with Crippen LogP contribution in [-0.2, 0) is 6.42 Å². The van der Waals surface area contributed by atoms with E-state index < -0.39 is 6.29 Å². The summed E-state index contributed by atoms with van der Waals surface area (Å²) in [6.07, 6.45) is 0.471. The van der Waals surface area contributed by atoms with Gasteiger partial charge in [0.2, 0.25) is 0 Å². The van der Waals surface area contributed by atoms with Crippen LogP contribution >= 0.6 is 0 Å². The Kier molecular flexibility index (Phi) is 2.04. The fraction of sp³-hybridized carbons (Fsp3) is 0.200. The number of hydrogen-bond donors (Lipinski definition) is 2. The lowest BCUT2D eigenvalue weighted by atomic mass is 10.1. The number of aliphatic hydroxyl groups excluding tert-OH is 1. The van der Waals surface area contributed by atoms with Gasteiger partial charge in [-0.25, -0.2) is 0 Å². The normalized spacial score (nSPS) is 11.3. The number of rotatable bonds is 2. The molecule has 0 aliphatic rings. The quantitative estimate of drug-likeness (QED) is 0.681. The molecule has 1 aromatic carbocycles. The van der Waals surface area contributed by atoms with Gasteiger partial charge in [0.05, 0.1) is 6.26 Å². The van der Waals surface area contributed by atoms with Crippen LogP contribution in [0.15, 0.2) is 34.9 Å². The summed E-state index contributed by atoms with van der Waals surface area (Å²) in [5.74, 6) is 0. The summed E-state index contributed by atoms with van der Waals surface area (Å²) in [7, 11) is 0. The SMILES string of the molecule is OC(O)Cc1cccc2ccoc12. The van der Waals surface area contributed by atoms with Crippen LogP contribution in [0.3, 0.4) is 0 Å². The molecule has 2 rings (SSSR count). The Bertz CT molecular complexity index is 403. The molecule has 68 valence electrons. The summed E-state index contributed by atoms with van der Waals surface area (Å²) in [6.45, 7) is 0. The fourth-order valence-electron chi connectivity index (χ4n) is 1.41. The molecule has 1 aromatic heterocycles. The molecule has 2 aromatic rings. The van der Waals surface area contributed by atoms with Gasteiger partial charge in [0.25, 0.3) is 0 Å². The topological polar surface area (TPSA) is 53.6 Å². The minimum Gasteiger partial charge on any atom is -0.464 e. The highest BCUT2D eigenvalue weighted by Gasteiger charge is 2.06. The average Bonchev–Trinajstić information content (AvgIpc) is 2.51. The van der Waals surface area contributed by atoms with Gasteiger partial charge in [-0.1, -0.05) is 18.2 Å². The molecule has 13 heavy (non-hydrogen) atoms. The minimum atomic E-state index is -1.32. The van der Waals surface area contributed by atoms with Gasteiger partial charge in [0.15, 0.2) is 6.29 Å². The van der Waals surface area contributed by atoms with E-state index in [0.717, 1.165) is 16.5 Å². The summed E-state index contributed by atoms with van der Waals surface area (Å²) in [5.41, 5.74) is 1.55. The Morgan fingerprint density at radius 2 is 2.08 bits per heavy atom. The van der Waals surface area contributed by atoms with E-state index in [1.165, 1.54) is 0 Å². The molecule has 0 atom stereocenters. The molecule has 0 fully saturated rings. The Morgan fingerprint density at radius 3 is 2.85 bits per heavy atom. The first kappa shape index (κ1) is 8.29. The third-order valence-electron chi connectivity index (χ3n) is 1.96. The second kappa shape index (κ2) is 3.20. The number of benzene rings is 1. The molecule has 0 bridgehead atoms. The number of hydrogen-bond acceptors (Lipinski definition) is 3. The summed E-state index contributed by atoms with van der Waals surface area (Å²) in [5, 5.41) is 18.6. The van der Waals surface area contributed by atoms with Crippen molar-refractivity contribution < 1.29 is 14.6 Å². The van der Waals surface area contributed by atoms with E-state index in [0.29, 0.717) is 0 Å². The van der Waals surface area contributed by atoms with Crippen LogP contribution in [-0.4, -0.2) is 16.5 Å². The minimum absolute atomic E-state index is 0.199. The van der Waals surface area contributed by atoms with E-state index in [2.05, 4.69) is 0 Å².